The number of hydrogen-bond donors (Lipinski definition) is 2. The minimum Gasteiger partial charge on any atom is -0.464 e. The molecule has 1 saturated heterocycles. The molecule has 2 N–H and O–H groups in total. The van der Waals surface area contributed by atoms with Crippen LogP contribution in [0.25, 0.3) is 0 Å². The van der Waals surface area contributed by atoms with Crippen LogP contribution in [0.4, 0.5) is 10.5 Å². The fourth-order valence-electron chi connectivity index (χ4n) is 2.74. The van der Waals surface area contributed by atoms with Crippen molar-refractivity contribution in [1.82, 2.24) is 5.32 Å². The molecule has 1 aromatic carbocycles. The molecule has 0 saturated carbocycles. The number of carbonyl (C=O) groups is 3. The third kappa shape index (κ3) is 1.34. The summed E-state index contributed by atoms with van der Waals surface area (Å²) in [5.41, 5.74) is -0.875. The van der Waals surface area contributed by atoms with Crippen LogP contribution in [-0.4, -0.2) is 29.6 Å². The zero-order chi connectivity index (χ0) is 13.8. The number of anilines is 1. The van der Waals surface area contributed by atoms with Crippen molar-refractivity contribution in [3.63, 3.8) is 0 Å². The SMILES string of the molecule is O=C(O)N1C(=O)C2(CCNC2=O)c2cc(Cl)ccc21. The highest BCUT2D eigenvalue weighted by Crippen LogP contribution is 2.46. The van der Waals surface area contributed by atoms with Gasteiger partial charge < -0.3 is 10.4 Å². The maximum atomic E-state index is 12.4. The quantitative estimate of drug-likeness (QED) is 0.697. The van der Waals surface area contributed by atoms with E-state index in [1.807, 2.05) is 0 Å². The molecule has 2 heterocycles. The van der Waals surface area contributed by atoms with Crippen LogP contribution in [0.2, 0.25) is 5.02 Å². The summed E-state index contributed by atoms with van der Waals surface area (Å²) in [4.78, 5) is 36.3. The second kappa shape index (κ2) is 3.71. The normalized spacial score (nSPS) is 24.8. The summed E-state index contributed by atoms with van der Waals surface area (Å²) >= 11 is 5.90. The van der Waals surface area contributed by atoms with Gasteiger partial charge in [-0.1, -0.05) is 11.6 Å². The second-order valence-electron chi connectivity index (χ2n) is 4.50. The standard InChI is InChI=1S/C12H9ClN2O4/c13-6-1-2-8-7(5-6)12(3-4-14-9(12)16)10(17)15(8)11(18)19/h1-2,5H,3-4H2,(H,14,16)(H,18,19). The summed E-state index contributed by atoms with van der Waals surface area (Å²) < 4.78 is 0. The largest absolute Gasteiger partial charge is 0.464 e. The average Bonchev–Trinajstić information content (AvgIpc) is 2.83. The number of benzene rings is 1. The van der Waals surface area contributed by atoms with Gasteiger partial charge in [-0.2, -0.15) is 0 Å². The highest BCUT2D eigenvalue weighted by molar-refractivity contribution is 6.33. The molecule has 19 heavy (non-hydrogen) atoms. The van der Waals surface area contributed by atoms with E-state index in [1.165, 1.54) is 18.2 Å². The van der Waals surface area contributed by atoms with E-state index in [2.05, 4.69) is 5.32 Å². The van der Waals surface area contributed by atoms with E-state index in [9.17, 15) is 19.5 Å². The Morgan fingerprint density at radius 3 is 2.74 bits per heavy atom. The van der Waals surface area contributed by atoms with Crippen molar-refractivity contribution in [2.45, 2.75) is 11.8 Å². The molecule has 0 aromatic heterocycles. The van der Waals surface area contributed by atoms with Crippen molar-refractivity contribution in [3.8, 4) is 0 Å². The van der Waals surface area contributed by atoms with Gasteiger partial charge in [0.05, 0.1) is 5.69 Å². The number of rotatable bonds is 0. The lowest BCUT2D eigenvalue weighted by molar-refractivity contribution is -0.132. The van der Waals surface area contributed by atoms with Crippen LogP contribution in [0.1, 0.15) is 12.0 Å². The highest BCUT2D eigenvalue weighted by atomic mass is 35.5. The van der Waals surface area contributed by atoms with Crippen LogP contribution in [-0.2, 0) is 15.0 Å². The minimum absolute atomic E-state index is 0.207. The molecule has 2 aliphatic heterocycles. The van der Waals surface area contributed by atoms with Gasteiger partial charge in [0.2, 0.25) is 5.91 Å². The topological polar surface area (TPSA) is 86.7 Å². The number of nitrogens with zero attached hydrogens (tertiary/aromatic N) is 1. The summed E-state index contributed by atoms with van der Waals surface area (Å²) in [6.07, 6.45) is -1.16. The predicted octanol–water partition coefficient (Wildman–Crippen LogP) is 1.12. The van der Waals surface area contributed by atoms with Crippen molar-refractivity contribution in [2.24, 2.45) is 0 Å². The van der Waals surface area contributed by atoms with Crippen LogP contribution < -0.4 is 10.2 Å². The molecule has 2 aliphatic rings. The number of carbonyl (C=O) groups excluding carboxylic acids is 2. The Bertz CT molecular complexity index is 630. The van der Waals surface area contributed by atoms with Crippen LogP contribution in [0.5, 0.6) is 0 Å². The Morgan fingerprint density at radius 1 is 1.42 bits per heavy atom. The van der Waals surface area contributed by atoms with E-state index >= 15 is 0 Å². The first-order valence-electron chi connectivity index (χ1n) is 5.64. The van der Waals surface area contributed by atoms with E-state index < -0.39 is 23.3 Å². The number of carboxylic acid groups (broad SMARTS) is 1. The van der Waals surface area contributed by atoms with Gasteiger partial charge in [-0.25, -0.2) is 9.69 Å². The Labute approximate surface area is 113 Å². The fraction of sp³-hybridized carbons (Fsp3) is 0.250. The van der Waals surface area contributed by atoms with Gasteiger partial charge in [0.15, 0.2) is 5.41 Å². The number of imide groups is 1. The first-order valence-corrected chi connectivity index (χ1v) is 6.02. The first kappa shape index (κ1) is 12.0. The Morgan fingerprint density at radius 2 is 2.16 bits per heavy atom. The summed E-state index contributed by atoms with van der Waals surface area (Å²) in [5, 5.41) is 12.1. The lowest BCUT2D eigenvalue weighted by Crippen LogP contribution is -2.47. The maximum Gasteiger partial charge on any atom is 0.418 e. The van der Waals surface area contributed by atoms with Gasteiger partial charge in [0.25, 0.3) is 5.91 Å². The number of nitrogens with one attached hydrogen (secondary N) is 1. The highest BCUT2D eigenvalue weighted by Gasteiger charge is 2.60. The van der Waals surface area contributed by atoms with Crippen molar-refractivity contribution in [3.05, 3.63) is 28.8 Å². The molecule has 0 aliphatic carbocycles. The molecule has 0 radical (unpaired) electrons. The second-order valence-corrected chi connectivity index (χ2v) is 4.93. The molecule has 1 spiro atoms. The molecule has 1 aromatic rings. The molecule has 1 unspecified atom stereocenters. The van der Waals surface area contributed by atoms with Crippen molar-refractivity contribution in [1.29, 1.82) is 0 Å². The summed E-state index contributed by atoms with van der Waals surface area (Å²) in [6.45, 7) is 0.337. The monoisotopic (exact) mass is 280 g/mol. The molecule has 98 valence electrons. The van der Waals surface area contributed by atoms with Crippen LogP contribution in [0.3, 0.4) is 0 Å². The van der Waals surface area contributed by atoms with Crippen LogP contribution >= 0.6 is 11.6 Å². The average molecular weight is 281 g/mol. The van der Waals surface area contributed by atoms with Crippen molar-refractivity contribution in [2.75, 3.05) is 11.4 Å². The lowest BCUT2D eigenvalue weighted by Gasteiger charge is -2.18. The summed E-state index contributed by atoms with van der Waals surface area (Å²) in [6, 6.07) is 4.43. The minimum atomic E-state index is -1.45. The smallest absolute Gasteiger partial charge is 0.418 e. The number of fused-ring (bicyclic) bond motifs is 2. The summed E-state index contributed by atoms with van der Waals surface area (Å²) in [7, 11) is 0. The van der Waals surface area contributed by atoms with Crippen molar-refractivity contribution >= 4 is 35.2 Å². The number of amides is 3. The van der Waals surface area contributed by atoms with E-state index in [-0.39, 0.29) is 12.1 Å². The zero-order valence-corrected chi connectivity index (χ0v) is 10.4. The molecule has 0 bridgehead atoms. The van der Waals surface area contributed by atoms with Gasteiger partial charge in [0.1, 0.15) is 0 Å². The predicted molar refractivity (Wildman–Crippen MR) is 66.3 cm³/mol. The Hall–Kier alpha value is -2.08. The summed E-state index contributed by atoms with van der Waals surface area (Å²) in [5.74, 6) is -1.20. The number of hydrogen-bond acceptors (Lipinski definition) is 3. The molecule has 1 atom stereocenters. The van der Waals surface area contributed by atoms with Gasteiger partial charge in [-0.3, -0.25) is 9.59 Å². The lowest BCUT2D eigenvalue weighted by atomic mass is 9.80. The molecule has 3 rings (SSSR count). The molecule has 3 amide bonds. The van der Waals surface area contributed by atoms with Gasteiger partial charge in [-0.05, 0) is 24.6 Å². The molecular weight excluding hydrogens is 272 g/mol. The van der Waals surface area contributed by atoms with E-state index in [0.29, 0.717) is 22.0 Å². The Balaban J connectivity index is 2.30. The van der Waals surface area contributed by atoms with Gasteiger partial charge in [0, 0.05) is 17.1 Å². The third-order valence-electron chi connectivity index (χ3n) is 3.59. The maximum absolute atomic E-state index is 12.4. The first-order chi connectivity index (χ1) is 8.98. The van der Waals surface area contributed by atoms with E-state index in [0.717, 1.165) is 0 Å². The van der Waals surface area contributed by atoms with E-state index in [1.54, 1.807) is 0 Å². The Kier molecular flexibility index (Phi) is 2.34. The van der Waals surface area contributed by atoms with Gasteiger partial charge in [-0.15, -0.1) is 0 Å². The molecular formula is C12H9ClN2O4. The van der Waals surface area contributed by atoms with Crippen LogP contribution in [0.15, 0.2) is 18.2 Å². The molecule has 7 heteroatoms. The van der Waals surface area contributed by atoms with E-state index in [4.69, 9.17) is 11.6 Å². The van der Waals surface area contributed by atoms with Crippen LogP contribution in [0, 0.1) is 0 Å². The van der Waals surface area contributed by atoms with Gasteiger partial charge >= 0.3 is 6.09 Å². The fourth-order valence-corrected chi connectivity index (χ4v) is 2.91. The molecule has 6 nitrogen and oxygen atoms in total. The van der Waals surface area contributed by atoms with Crippen molar-refractivity contribution < 1.29 is 19.5 Å². The zero-order valence-electron chi connectivity index (χ0n) is 9.64. The molecule has 1 fully saturated rings. The third-order valence-corrected chi connectivity index (χ3v) is 3.83. The number of halogens is 1.